The maximum absolute atomic E-state index is 13.7. The van der Waals surface area contributed by atoms with Crippen LogP contribution in [0.15, 0.2) is 65.7 Å². The lowest BCUT2D eigenvalue weighted by molar-refractivity contribution is -0.137. The van der Waals surface area contributed by atoms with E-state index in [4.69, 9.17) is 4.74 Å². The van der Waals surface area contributed by atoms with Crippen molar-refractivity contribution >= 4 is 15.9 Å². The Balaban J connectivity index is 1.73. The van der Waals surface area contributed by atoms with Crippen LogP contribution in [0.3, 0.4) is 0 Å². The molecule has 1 aliphatic rings. The third-order valence-corrected chi connectivity index (χ3v) is 8.80. The zero-order chi connectivity index (χ0) is 30.1. The number of benzene rings is 2. The molecule has 41 heavy (non-hydrogen) atoms. The van der Waals surface area contributed by atoms with Gasteiger partial charge in [0.05, 0.1) is 29.7 Å². The molecule has 1 N–H and O–H groups in total. The molecule has 0 saturated heterocycles. The van der Waals surface area contributed by atoms with Gasteiger partial charge < -0.3 is 14.7 Å². The quantitative estimate of drug-likeness (QED) is 0.406. The Morgan fingerprint density at radius 2 is 1.85 bits per heavy atom. The van der Waals surface area contributed by atoms with E-state index < -0.39 is 51.6 Å². The monoisotopic (exact) mass is 595 g/mol. The Hall–Kier alpha value is -3.55. The number of hydrogen-bond donors (Lipinski definition) is 1. The second-order valence-electron chi connectivity index (χ2n) is 10.0. The van der Waals surface area contributed by atoms with E-state index in [1.54, 1.807) is 13.8 Å². The van der Waals surface area contributed by atoms with Crippen molar-refractivity contribution < 1.29 is 40.6 Å². The van der Waals surface area contributed by atoms with Gasteiger partial charge in [0.15, 0.2) is 0 Å². The number of alkyl halides is 3. The smallest absolute Gasteiger partial charge is 0.416 e. The van der Waals surface area contributed by atoms with Gasteiger partial charge >= 0.3 is 6.18 Å². The summed E-state index contributed by atoms with van der Waals surface area (Å²) in [5.74, 6) is -1.84. The molecule has 1 aliphatic heterocycles. The highest BCUT2D eigenvalue weighted by Crippen LogP contribution is 2.34. The minimum absolute atomic E-state index is 0.0484. The third-order valence-electron chi connectivity index (χ3n) is 6.99. The van der Waals surface area contributed by atoms with Gasteiger partial charge in [-0.2, -0.15) is 17.5 Å². The molecule has 0 unspecified atom stereocenters. The predicted octanol–water partition coefficient (Wildman–Crippen LogP) is 4.45. The van der Waals surface area contributed by atoms with Crippen molar-refractivity contribution in [2.24, 2.45) is 5.92 Å². The van der Waals surface area contributed by atoms with Crippen LogP contribution in [0.5, 0.6) is 5.88 Å². The second kappa shape index (κ2) is 11.7. The molecule has 2 aromatic carbocycles. The number of amides is 1. The summed E-state index contributed by atoms with van der Waals surface area (Å²) >= 11 is 0. The molecule has 3 atom stereocenters. The average Bonchev–Trinajstić information content (AvgIpc) is 2.93. The molecule has 3 aromatic rings. The number of hydrogen-bond acceptors (Lipinski definition) is 6. The number of pyridine rings is 1. The summed E-state index contributed by atoms with van der Waals surface area (Å²) < 4.78 is 87.1. The molecule has 0 aliphatic carbocycles. The fourth-order valence-electron chi connectivity index (χ4n) is 4.51. The van der Waals surface area contributed by atoms with Gasteiger partial charge in [-0.15, -0.1) is 0 Å². The Morgan fingerprint density at radius 1 is 1.15 bits per heavy atom. The summed E-state index contributed by atoms with van der Waals surface area (Å²) in [6, 6.07) is 9.91. The lowest BCUT2D eigenvalue weighted by Gasteiger charge is -2.37. The molecule has 0 saturated carbocycles. The maximum Gasteiger partial charge on any atom is 0.416 e. The fraction of sp³-hybridized carbons (Fsp3) is 0.357. The number of carbonyl (C=O) groups excluding carboxylic acids is 1. The van der Waals surface area contributed by atoms with E-state index in [1.807, 2.05) is 0 Å². The van der Waals surface area contributed by atoms with Gasteiger partial charge in [-0.25, -0.2) is 17.8 Å². The summed E-state index contributed by atoms with van der Waals surface area (Å²) in [4.78, 5) is 19.0. The van der Waals surface area contributed by atoms with Gasteiger partial charge in [-0.05, 0) is 48.9 Å². The molecule has 13 heteroatoms. The van der Waals surface area contributed by atoms with E-state index in [0.29, 0.717) is 0 Å². The number of likely N-dealkylation sites (N-methyl/N-ethyl adjacent to an activating group) is 1. The Labute approximate surface area is 235 Å². The molecular weight excluding hydrogens is 566 g/mol. The van der Waals surface area contributed by atoms with Gasteiger partial charge in [0.25, 0.3) is 5.91 Å². The molecule has 8 nitrogen and oxygen atoms in total. The van der Waals surface area contributed by atoms with Gasteiger partial charge in [-0.1, -0.05) is 25.1 Å². The Morgan fingerprint density at radius 3 is 2.51 bits per heavy atom. The number of ether oxygens (including phenoxy) is 1. The summed E-state index contributed by atoms with van der Waals surface area (Å²) in [5, 5.41) is 9.84. The number of aliphatic hydroxyl groups is 1. The van der Waals surface area contributed by atoms with Crippen LogP contribution in [-0.4, -0.2) is 72.5 Å². The number of aliphatic hydroxyl groups excluding tert-OH is 1. The highest BCUT2D eigenvalue weighted by atomic mass is 32.2. The molecule has 220 valence electrons. The largest absolute Gasteiger partial charge is 0.472 e. The van der Waals surface area contributed by atoms with Gasteiger partial charge in [0.1, 0.15) is 17.5 Å². The van der Waals surface area contributed by atoms with E-state index in [9.17, 15) is 35.9 Å². The topological polar surface area (TPSA) is 100 Å². The van der Waals surface area contributed by atoms with Crippen LogP contribution < -0.4 is 4.74 Å². The van der Waals surface area contributed by atoms with E-state index in [1.165, 1.54) is 48.5 Å². The fourth-order valence-corrected chi connectivity index (χ4v) is 5.73. The first-order chi connectivity index (χ1) is 19.2. The minimum Gasteiger partial charge on any atom is -0.472 e. The lowest BCUT2D eigenvalue weighted by Crippen LogP contribution is -2.50. The van der Waals surface area contributed by atoms with Crippen LogP contribution in [0.25, 0.3) is 11.1 Å². The molecule has 4 rings (SSSR count). The summed E-state index contributed by atoms with van der Waals surface area (Å²) in [6.07, 6.45) is -4.13. The minimum atomic E-state index is -4.57. The van der Waals surface area contributed by atoms with Crippen LogP contribution in [0.4, 0.5) is 17.6 Å². The molecule has 0 fully saturated rings. The Bertz CT molecular complexity index is 1530. The summed E-state index contributed by atoms with van der Waals surface area (Å²) in [5.41, 5.74) is -0.499. The number of halogens is 4. The van der Waals surface area contributed by atoms with Crippen molar-refractivity contribution in [2.75, 3.05) is 26.7 Å². The molecule has 0 radical (unpaired) electrons. The highest BCUT2D eigenvalue weighted by Gasteiger charge is 2.36. The summed E-state index contributed by atoms with van der Waals surface area (Å²) in [6.45, 7) is 2.90. The van der Waals surface area contributed by atoms with E-state index >= 15 is 0 Å². The van der Waals surface area contributed by atoms with E-state index in [-0.39, 0.29) is 47.2 Å². The number of nitrogens with zero attached hydrogens (tertiary/aromatic N) is 3. The molecule has 1 amide bonds. The average molecular weight is 596 g/mol. The summed E-state index contributed by atoms with van der Waals surface area (Å²) in [7, 11) is -2.79. The van der Waals surface area contributed by atoms with Crippen LogP contribution >= 0.6 is 0 Å². The van der Waals surface area contributed by atoms with Crippen molar-refractivity contribution in [1.82, 2.24) is 14.2 Å². The van der Waals surface area contributed by atoms with Crippen molar-refractivity contribution in [3.05, 3.63) is 77.7 Å². The molecular formula is C28H29F4N3O5S. The lowest BCUT2D eigenvalue weighted by atomic mass is 9.99. The molecule has 2 heterocycles. The zero-order valence-corrected chi connectivity index (χ0v) is 23.3. The predicted molar refractivity (Wildman–Crippen MR) is 142 cm³/mol. The van der Waals surface area contributed by atoms with Crippen molar-refractivity contribution in [1.29, 1.82) is 0 Å². The normalized spacial score (nSPS) is 18.9. The van der Waals surface area contributed by atoms with Gasteiger partial charge in [0.2, 0.25) is 15.9 Å². The van der Waals surface area contributed by atoms with Crippen molar-refractivity contribution in [3.8, 4) is 17.0 Å². The SMILES string of the molecule is C[C@H](CO)N1C[C@H](C)[C@H](CN(C)S(=O)(=O)c2cccc(F)c2)Oc2ncc(-c3cccc(C(F)(F)F)c3)cc2C1=O. The van der Waals surface area contributed by atoms with Crippen LogP contribution in [0.2, 0.25) is 0 Å². The van der Waals surface area contributed by atoms with Gasteiger partial charge in [0, 0.05) is 31.3 Å². The zero-order valence-electron chi connectivity index (χ0n) is 22.5. The highest BCUT2D eigenvalue weighted by molar-refractivity contribution is 7.89. The van der Waals surface area contributed by atoms with E-state index in [0.717, 1.165) is 28.6 Å². The van der Waals surface area contributed by atoms with Crippen molar-refractivity contribution in [3.63, 3.8) is 0 Å². The molecule has 0 spiro atoms. The number of aromatic nitrogens is 1. The molecule has 0 bridgehead atoms. The Kier molecular flexibility index (Phi) is 8.71. The first kappa shape index (κ1) is 30.4. The van der Waals surface area contributed by atoms with Crippen LogP contribution in [0, 0.1) is 11.7 Å². The van der Waals surface area contributed by atoms with Crippen LogP contribution in [0.1, 0.15) is 29.8 Å². The second-order valence-corrected chi connectivity index (χ2v) is 12.1. The van der Waals surface area contributed by atoms with Crippen molar-refractivity contribution in [2.45, 2.75) is 37.1 Å². The first-order valence-electron chi connectivity index (χ1n) is 12.7. The van der Waals surface area contributed by atoms with Gasteiger partial charge in [-0.3, -0.25) is 4.79 Å². The maximum atomic E-state index is 13.7. The third kappa shape index (κ3) is 6.52. The molecule has 1 aromatic heterocycles. The van der Waals surface area contributed by atoms with E-state index in [2.05, 4.69) is 4.98 Å². The number of sulfonamides is 1. The number of carbonyl (C=O) groups is 1. The first-order valence-corrected chi connectivity index (χ1v) is 14.1. The number of fused-ring (bicyclic) bond motifs is 1. The number of rotatable bonds is 7. The van der Waals surface area contributed by atoms with Crippen LogP contribution in [-0.2, 0) is 16.2 Å². The standard InChI is InChI=1S/C28H29F4N3O5S/c1-17-14-35(18(2)16-36)27(37)24-11-20(19-6-4-7-21(10-19)28(30,31)32)13-33-26(24)40-25(17)15-34(3)41(38,39)23-9-5-8-22(29)12-23/h4-13,17-18,25,36H,14-16H2,1-3H3/t17-,18+,25-/m0/s1.